The van der Waals surface area contributed by atoms with E-state index in [0.717, 1.165) is 70.1 Å². The third kappa shape index (κ3) is 3.81. The zero-order valence-electron chi connectivity index (χ0n) is 25.9. The van der Waals surface area contributed by atoms with Gasteiger partial charge in [-0.3, -0.25) is 0 Å². The first-order valence-corrected chi connectivity index (χ1v) is 16.6. The highest BCUT2D eigenvalue weighted by Crippen LogP contribution is 2.51. The lowest BCUT2D eigenvalue weighted by molar-refractivity contribution is 0.668. The molecule has 0 saturated carbocycles. The topological polar surface area (TPSA) is 45.1 Å². The summed E-state index contributed by atoms with van der Waals surface area (Å²) in [6.45, 7) is 0. The molecule has 0 radical (unpaired) electrons. The van der Waals surface area contributed by atoms with E-state index < -0.39 is 0 Å². The molecule has 3 heterocycles. The maximum Gasteiger partial charge on any atom is 0.135 e. The zero-order valence-corrected chi connectivity index (χ0v) is 25.9. The second-order valence-corrected chi connectivity index (χ2v) is 13.0. The van der Waals surface area contributed by atoms with E-state index in [-0.39, 0.29) is 5.92 Å². The average Bonchev–Trinajstić information content (AvgIpc) is 3.79. The molecule has 4 nitrogen and oxygen atoms in total. The molecule has 3 aliphatic carbocycles. The molecule has 0 spiro atoms. The first-order valence-electron chi connectivity index (χ1n) is 16.6. The summed E-state index contributed by atoms with van der Waals surface area (Å²) in [6, 6.07) is 33.3. The van der Waals surface area contributed by atoms with E-state index in [1.165, 1.54) is 39.2 Å². The molecule has 0 saturated heterocycles. The first-order chi connectivity index (χ1) is 23.3. The maximum absolute atomic E-state index is 10.1. The van der Waals surface area contributed by atoms with Gasteiger partial charge in [-0.1, -0.05) is 78.9 Å². The minimum atomic E-state index is 0.133. The number of rotatable bonds is 3. The molecule has 0 fully saturated rings. The lowest BCUT2D eigenvalue weighted by atomic mass is 9.85. The lowest BCUT2D eigenvalue weighted by Gasteiger charge is -2.25. The molecule has 4 heteroatoms. The van der Waals surface area contributed by atoms with Gasteiger partial charge in [0.25, 0.3) is 0 Å². The van der Waals surface area contributed by atoms with Crippen molar-refractivity contribution in [1.29, 1.82) is 5.26 Å². The smallest absolute Gasteiger partial charge is 0.135 e. The van der Waals surface area contributed by atoms with E-state index in [4.69, 9.17) is 4.42 Å². The highest BCUT2D eigenvalue weighted by molar-refractivity contribution is 6.07. The van der Waals surface area contributed by atoms with E-state index in [9.17, 15) is 5.26 Å². The Labute approximate surface area is 273 Å². The van der Waals surface area contributed by atoms with Gasteiger partial charge in [0.15, 0.2) is 0 Å². The van der Waals surface area contributed by atoms with Crippen LogP contribution >= 0.6 is 0 Å². The number of para-hydroxylation sites is 2. The van der Waals surface area contributed by atoms with E-state index in [0.29, 0.717) is 5.92 Å². The van der Waals surface area contributed by atoms with Crippen LogP contribution in [0.25, 0.3) is 44.6 Å². The Kier molecular flexibility index (Phi) is 5.68. The Balaban J connectivity index is 1.14. The fourth-order valence-electron chi connectivity index (χ4n) is 8.45. The first kappa shape index (κ1) is 26.4. The predicted molar refractivity (Wildman–Crippen MR) is 192 cm³/mol. The van der Waals surface area contributed by atoms with Gasteiger partial charge in [0.05, 0.1) is 16.8 Å². The van der Waals surface area contributed by atoms with Crippen LogP contribution in [-0.2, 0) is 0 Å². The van der Waals surface area contributed by atoms with Crippen LogP contribution in [0.5, 0.6) is 0 Å². The van der Waals surface area contributed by atoms with Crippen LogP contribution < -0.4 is 4.90 Å². The molecule has 2 unspecified atom stereocenters. The van der Waals surface area contributed by atoms with Crippen LogP contribution in [0.4, 0.5) is 11.4 Å². The number of fused-ring (bicyclic) bond motifs is 9. The van der Waals surface area contributed by atoms with E-state index in [2.05, 4.69) is 143 Å². The summed E-state index contributed by atoms with van der Waals surface area (Å²) >= 11 is 0. The summed E-state index contributed by atoms with van der Waals surface area (Å²) in [5.74, 6) is 0.517. The SMILES string of the molecule is N#CC1=CCCC=C1n1c2c(c3ccccc31)C=CCC2c1ccc2oc3ccc(N4C5=CC=CCC5c5ccccc54)cc3c2c1. The molecule has 10 rings (SSSR count). The molecule has 47 heavy (non-hydrogen) atoms. The molecule has 6 aromatic rings. The van der Waals surface area contributed by atoms with Crippen molar-refractivity contribution in [2.75, 3.05) is 4.90 Å². The van der Waals surface area contributed by atoms with Gasteiger partial charge in [-0.2, -0.15) is 5.26 Å². The number of hydrogen-bond acceptors (Lipinski definition) is 3. The third-order valence-corrected chi connectivity index (χ3v) is 10.5. The van der Waals surface area contributed by atoms with Gasteiger partial charge in [-0.25, -0.2) is 0 Å². The molecule has 2 atom stereocenters. The number of nitriles is 1. The van der Waals surface area contributed by atoms with Crippen LogP contribution in [0.1, 0.15) is 59.9 Å². The van der Waals surface area contributed by atoms with Gasteiger partial charge < -0.3 is 13.9 Å². The van der Waals surface area contributed by atoms with Crippen molar-refractivity contribution >= 4 is 56.0 Å². The van der Waals surface area contributed by atoms with E-state index in [1.807, 2.05) is 0 Å². The minimum Gasteiger partial charge on any atom is -0.456 e. The summed E-state index contributed by atoms with van der Waals surface area (Å²) in [7, 11) is 0. The quantitative estimate of drug-likeness (QED) is 0.202. The van der Waals surface area contributed by atoms with Gasteiger partial charge in [-0.05, 0) is 85.4 Å². The second kappa shape index (κ2) is 10.1. The summed E-state index contributed by atoms with van der Waals surface area (Å²) in [5, 5.41) is 13.6. The number of benzene rings is 4. The summed E-state index contributed by atoms with van der Waals surface area (Å²) in [5.41, 5.74) is 13.6. The monoisotopic (exact) mass is 605 g/mol. The third-order valence-electron chi connectivity index (χ3n) is 10.5. The zero-order chi connectivity index (χ0) is 31.1. The Morgan fingerprint density at radius 1 is 0.766 bits per heavy atom. The van der Waals surface area contributed by atoms with Crippen LogP contribution in [0.2, 0.25) is 0 Å². The van der Waals surface area contributed by atoms with Crippen molar-refractivity contribution in [3.63, 3.8) is 0 Å². The average molecular weight is 606 g/mol. The number of aromatic nitrogens is 1. The largest absolute Gasteiger partial charge is 0.456 e. The van der Waals surface area contributed by atoms with Crippen molar-refractivity contribution in [2.45, 2.75) is 37.5 Å². The number of nitrogens with zero attached hydrogens (tertiary/aromatic N) is 3. The minimum absolute atomic E-state index is 0.133. The fraction of sp³-hybridized carbons (Fsp3) is 0.140. The van der Waals surface area contributed by atoms with Crippen molar-refractivity contribution in [3.8, 4) is 6.07 Å². The maximum atomic E-state index is 10.1. The van der Waals surface area contributed by atoms with Gasteiger partial charge in [0.2, 0.25) is 0 Å². The van der Waals surface area contributed by atoms with Crippen molar-refractivity contribution in [2.24, 2.45) is 0 Å². The standard InChI is InChI=1S/C43H31N3O/c44-26-28-10-1-5-16-37(28)46-40-19-8-4-13-33(40)34-15-9-14-30(43(34)46)27-20-22-41-35(24-27)36-25-29(21-23-42(36)47-41)45-38-17-6-2-11-31(38)32-12-3-7-18-39(32)45/h2-4,6-11,13,15-25,30,32H,1,5,12,14H2. The Morgan fingerprint density at radius 3 is 2.51 bits per heavy atom. The fourth-order valence-corrected chi connectivity index (χ4v) is 8.45. The Morgan fingerprint density at radius 2 is 1.57 bits per heavy atom. The van der Waals surface area contributed by atoms with Crippen molar-refractivity contribution < 1.29 is 4.42 Å². The Bertz CT molecular complexity index is 2510. The molecule has 4 aromatic carbocycles. The summed E-state index contributed by atoms with van der Waals surface area (Å²) in [6.07, 6.45) is 19.4. The van der Waals surface area contributed by atoms with Crippen LogP contribution in [0, 0.1) is 11.3 Å². The summed E-state index contributed by atoms with van der Waals surface area (Å²) < 4.78 is 8.81. The highest BCUT2D eigenvalue weighted by atomic mass is 16.3. The number of hydrogen-bond donors (Lipinski definition) is 0. The molecule has 2 aromatic heterocycles. The van der Waals surface area contributed by atoms with Crippen molar-refractivity contribution in [1.82, 2.24) is 4.57 Å². The van der Waals surface area contributed by atoms with Gasteiger partial charge in [-0.15, -0.1) is 0 Å². The van der Waals surface area contributed by atoms with Gasteiger partial charge in [0.1, 0.15) is 17.2 Å². The molecule has 0 N–H and O–H groups in total. The predicted octanol–water partition coefficient (Wildman–Crippen LogP) is 11.3. The van der Waals surface area contributed by atoms with E-state index in [1.54, 1.807) is 0 Å². The van der Waals surface area contributed by atoms with Crippen molar-refractivity contribution in [3.05, 3.63) is 155 Å². The van der Waals surface area contributed by atoms with Crippen LogP contribution in [0.15, 0.2) is 137 Å². The van der Waals surface area contributed by atoms with Crippen LogP contribution in [-0.4, -0.2) is 4.57 Å². The molecular formula is C43H31N3O. The van der Waals surface area contributed by atoms with E-state index >= 15 is 0 Å². The molecule has 4 aliphatic rings. The van der Waals surface area contributed by atoms with Gasteiger partial charge in [0, 0.05) is 56.3 Å². The molecule has 1 aliphatic heterocycles. The molecular weight excluding hydrogens is 574 g/mol. The second-order valence-electron chi connectivity index (χ2n) is 13.0. The normalized spacial score (nSPS) is 19.7. The van der Waals surface area contributed by atoms with Crippen LogP contribution in [0.3, 0.4) is 0 Å². The number of furan rings is 1. The summed E-state index contributed by atoms with van der Waals surface area (Å²) in [4.78, 5) is 2.43. The molecule has 0 amide bonds. The lowest BCUT2D eigenvalue weighted by Crippen LogP contribution is -2.14. The molecule has 0 bridgehead atoms. The Hall–Kier alpha value is -5.79. The number of allylic oxidation sites excluding steroid dienone is 9. The number of anilines is 2. The molecule has 224 valence electrons. The van der Waals surface area contributed by atoms with Gasteiger partial charge >= 0.3 is 0 Å². The highest BCUT2D eigenvalue weighted by Gasteiger charge is 2.35.